The highest BCUT2D eigenvalue weighted by Crippen LogP contribution is 2.52. The number of pyridine rings is 1. The molecule has 0 N–H and O–H groups in total. The number of hydrogen-bond donors (Lipinski definition) is 0. The Hall–Kier alpha value is -5.02. The number of carbonyl (C=O) groups is 3. The van der Waals surface area contributed by atoms with E-state index in [1.807, 2.05) is 0 Å². The van der Waals surface area contributed by atoms with E-state index in [0.29, 0.717) is 6.07 Å². The van der Waals surface area contributed by atoms with Gasteiger partial charge in [0.15, 0.2) is 11.6 Å². The van der Waals surface area contributed by atoms with E-state index < -0.39 is 108 Å². The Bertz CT molecular complexity index is 1970. The number of aromatic nitrogens is 3. The molecule has 0 amide bonds. The monoisotopic (exact) mass is 711 g/mol. The third-order valence-electron chi connectivity index (χ3n) is 8.05. The van der Waals surface area contributed by atoms with Gasteiger partial charge in [-0.25, -0.2) is 35.7 Å². The predicted octanol–water partition coefficient (Wildman–Crippen LogP) is 8.39. The molecule has 0 spiro atoms. The van der Waals surface area contributed by atoms with Gasteiger partial charge in [0.1, 0.15) is 35.4 Å². The molecule has 0 bridgehead atoms. The molecule has 0 radical (unpaired) electrons. The van der Waals surface area contributed by atoms with Crippen LogP contribution in [-0.2, 0) is 34.4 Å². The molecular weight excluding hydrogens is 685 g/mol. The molecule has 4 aromatic rings. The molecule has 0 fully saturated rings. The summed E-state index contributed by atoms with van der Waals surface area (Å²) in [6, 6.07) is 8.45. The zero-order valence-electron chi connectivity index (χ0n) is 26.2. The van der Waals surface area contributed by atoms with E-state index in [-0.39, 0.29) is 38.5 Å². The van der Waals surface area contributed by atoms with Gasteiger partial charge in [-0.2, -0.15) is 13.9 Å². The van der Waals surface area contributed by atoms with Crippen molar-refractivity contribution in [1.82, 2.24) is 14.8 Å². The molecule has 0 unspecified atom stereocenters. The molecule has 1 aliphatic carbocycles. The fraction of sp³-hybridized carbons (Fsp3) is 0.324. The molecule has 16 heteroatoms. The van der Waals surface area contributed by atoms with Crippen LogP contribution < -0.4 is 4.74 Å². The lowest BCUT2D eigenvalue weighted by Gasteiger charge is -2.29. The Morgan fingerprint density at radius 3 is 2.16 bits per heavy atom. The molecule has 2 aromatic carbocycles. The molecule has 1 atom stereocenters. The van der Waals surface area contributed by atoms with Crippen LogP contribution in [0, 0.1) is 17.5 Å². The van der Waals surface area contributed by atoms with Crippen LogP contribution in [0.15, 0.2) is 48.5 Å². The predicted molar refractivity (Wildman–Crippen MR) is 158 cm³/mol. The van der Waals surface area contributed by atoms with Crippen molar-refractivity contribution < 1.29 is 58.6 Å². The maximum absolute atomic E-state index is 15.0. The second-order valence-corrected chi connectivity index (χ2v) is 11.8. The number of hydrogen-bond acceptors (Lipinski definition) is 6. The Balaban J connectivity index is 1.64. The van der Waals surface area contributed by atoms with Gasteiger partial charge in [0.2, 0.25) is 5.88 Å². The second-order valence-electron chi connectivity index (χ2n) is 11.8. The Labute approximate surface area is 278 Å². The van der Waals surface area contributed by atoms with Crippen molar-refractivity contribution in [1.29, 1.82) is 0 Å². The number of esters is 1. The number of ketones is 2. The summed E-state index contributed by atoms with van der Waals surface area (Å²) in [7, 11) is 0. The van der Waals surface area contributed by atoms with Crippen molar-refractivity contribution >= 4 is 17.5 Å². The Kier molecular flexibility index (Phi) is 9.94. The molecule has 5 rings (SSSR count). The first-order valence-corrected chi connectivity index (χ1v) is 15.0. The second kappa shape index (κ2) is 13.7. The zero-order chi connectivity index (χ0) is 36.7. The van der Waals surface area contributed by atoms with E-state index in [1.54, 1.807) is 0 Å². The van der Waals surface area contributed by atoms with Crippen LogP contribution in [-0.4, -0.2) is 32.3 Å². The summed E-state index contributed by atoms with van der Waals surface area (Å²) in [6.45, 7) is 0.985. The van der Waals surface area contributed by atoms with Gasteiger partial charge in [0, 0.05) is 49.8 Å². The van der Waals surface area contributed by atoms with Crippen molar-refractivity contribution in [2.45, 2.75) is 70.3 Å². The van der Waals surface area contributed by atoms with Crippen LogP contribution in [0.25, 0.3) is 11.1 Å². The number of benzene rings is 2. The average Bonchev–Trinajstić information content (AvgIpc) is 3.41. The maximum Gasteiger partial charge on any atom is 0.309 e. The van der Waals surface area contributed by atoms with E-state index >= 15 is 8.78 Å². The van der Waals surface area contributed by atoms with Crippen molar-refractivity contribution in [3.8, 4) is 17.0 Å². The fourth-order valence-electron chi connectivity index (χ4n) is 6.00. The molecule has 7 nitrogen and oxygen atoms in total. The Morgan fingerprint density at radius 2 is 1.54 bits per heavy atom. The number of rotatable bonds is 11. The minimum absolute atomic E-state index is 0.0305. The first-order valence-electron chi connectivity index (χ1n) is 15.0. The van der Waals surface area contributed by atoms with Gasteiger partial charge in [-0.3, -0.25) is 19.1 Å². The van der Waals surface area contributed by atoms with Gasteiger partial charge in [0.25, 0.3) is 18.3 Å². The van der Waals surface area contributed by atoms with Crippen molar-refractivity contribution in [3.05, 3.63) is 99.8 Å². The van der Waals surface area contributed by atoms with E-state index in [4.69, 9.17) is 4.74 Å². The van der Waals surface area contributed by atoms with E-state index in [1.165, 1.54) is 24.3 Å². The summed E-state index contributed by atoms with van der Waals surface area (Å²) in [5, 5.41) is 3.30. The lowest BCUT2D eigenvalue weighted by atomic mass is 9.86. The average molecular weight is 712 g/mol. The summed E-state index contributed by atoms with van der Waals surface area (Å²) in [4.78, 5) is 41.8. The van der Waals surface area contributed by atoms with Gasteiger partial charge < -0.3 is 4.74 Å². The summed E-state index contributed by atoms with van der Waals surface area (Å²) in [6.07, 6.45) is -7.64. The molecule has 264 valence electrons. The van der Waals surface area contributed by atoms with Crippen molar-refractivity contribution in [2.24, 2.45) is 0 Å². The third-order valence-corrected chi connectivity index (χ3v) is 8.05. The first-order chi connectivity index (χ1) is 23.4. The number of Topliss-reactive ketones (excluding diaryl/α,β-unsaturated/α-hetero) is 2. The largest absolute Gasteiger partial charge is 0.408 e. The van der Waals surface area contributed by atoms with E-state index in [9.17, 15) is 45.1 Å². The lowest BCUT2D eigenvalue weighted by molar-refractivity contribution is -0.132. The summed E-state index contributed by atoms with van der Waals surface area (Å²) >= 11 is 0. The molecule has 2 aromatic heterocycles. The van der Waals surface area contributed by atoms with Crippen molar-refractivity contribution in [2.75, 3.05) is 0 Å². The van der Waals surface area contributed by atoms with Crippen LogP contribution in [0.5, 0.6) is 5.88 Å². The molecule has 1 aliphatic rings. The lowest BCUT2D eigenvalue weighted by Crippen LogP contribution is -2.33. The van der Waals surface area contributed by atoms with Crippen LogP contribution in [0.3, 0.4) is 0 Å². The molecule has 0 saturated carbocycles. The van der Waals surface area contributed by atoms with Crippen LogP contribution in [0.1, 0.15) is 84.0 Å². The van der Waals surface area contributed by atoms with Crippen molar-refractivity contribution in [3.63, 3.8) is 0 Å². The molecule has 2 heterocycles. The number of fused-ring (bicyclic) bond motifs is 1. The highest BCUT2D eigenvalue weighted by Gasteiger charge is 2.55. The van der Waals surface area contributed by atoms with Crippen LogP contribution in [0.4, 0.5) is 39.5 Å². The standard InChI is InChI=1S/C34H26F9N3O4/c1-16(47)25-13-19(3-5-26(25)37)24-4-6-27(50-17(2)48)44-29(24)20(9-18-10-21(35)14-22(36)11-18)12-23(49)15-46-31-28(30(45-46)32(38)39)33(40,41)7-8-34(31,42)43/h3-6,10-11,13-14,20,32H,7-9,12,15H2,1-2H3/t20-/m1/s1. The number of halogens is 9. The summed E-state index contributed by atoms with van der Waals surface area (Å²) < 4.78 is 135. The van der Waals surface area contributed by atoms with Crippen LogP contribution in [0.2, 0.25) is 0 Å². The maximum atomic E-state index is 15.0. The molecule has 50 heavy (non-hydrogen) atoms. The third kappa shape index (κ3) is 7.58. The number of ether oxygens (including phenoxy) is 1. The quantitative estimate of drug-likeness (QED) is 0.0882. The van der Waals surface area contributed by atoms with Gasteiger partial charge in [-0.1, -0.05) is 6.07 Å². The molecule has 0 aliphatic heterocycles. The first kappa shape index (κ1) is 36.3. The van der Waals surface area contributed by atoms with Gasteiger partial charge in [0.05, 0.1) is 16.8 Å². The normalized spacial score (nSPS) is 15.4. The number of nitrogens with zero attached hydrogens (tertiary/aromatic N) is 3. The van der Waals surface area contributed by atoms with Gasteiger partial charge >= 0.3 is 5.97 Å². The van der Waals surface area contributed by atoms with E-state index in [2.05, 4.69) is 10.1 Å². The highest BCUT2D eigenvalue weighted by molar-refractivity contribution is 5.95. The molecule has 0 saturated heterocycles. The minimum Gasteiger partial charge on any atom is -0.408 e. The highest BCUT2D eigenvalue weighted by atomic mass is 19.3. The summed E-state index contributed by atoms with van der Waals surface area (Å²) in [5.41, 5.74) is -4.94. The minimum atomic E-state index is -4.09. The SMILES string of the molecule is CC(=O)Oc1ccc(-c2ccc(F)c(C(C)=O)c2)c([C@@H](CC(=O)Cn2nc(C(F)F)c3c2C(F)(F)CCC3(F)F)Cc2cc(F)cc(F)c2)n1. The van der Waals surface area contributed by atoms with Crippen LogP contribution >= 0.6 is 0 Å². The topological polar surface area (TPSA) is 91.2 Å². The summed E-state index contributed by atoms with van der Waals surface area (Å²) in [5.74, 6) is -15.0. The Morgan fingerprint density at radius 1 is 0.880 bits per heavy atom. The van der Waals surface area contributed by atoms with Gasteiger partial charge in [-0.05, 0) is 54.8 Å². The van der Waals surface area contributed by atoms with E-state index in [0.717, 1.165) is 32.0 Å². The molecular formula is C34H26F9N3O4. The zero-order valence-corrected chi connectivity index (χ0v) is 26.2. The number of carbonyl (C=O) groups excluding carboxylic acids is 3. The fourth-order valence-corrected chi connectivity index (χ4v) is 6.00. The van der Waals surface area contributed by atoms with Gasteiger partial charge in [-0.15, -0.1) is 0 Å². The smallest absolute Gasteiger partial charge is 0.309 e. The number of alkyl halides is 6.